The van der Waals surface area contributed by atoms with Crippen LogP contribution in [0.25, 0.3) is 0 Å². The number of fused-ring (bicyclic) bond motifs is 1. The van der Waals surface area contributed by atoms with Crippen molar-refractivity contribution in [3.63, 3.8) is 0 Å². The van der Waals surface area contributed by atoms with Crippen molar-refractivity contribution in [2.75, 3.05) is 28.6 Å². The van der Waals surface area contributed by atoms with Crippen LogP contribution in [-0.4, -0.2) is 54.0 Å². The molecule has 1 aromatic rings. The second kappa shape index (κ2) is 6.65. The summed E-state index contributed by atoms with van der Waals surface area (Å²) in [6.45, 7) is 4.36. The summed E-state index contributed by atoms with van der Waals surface area (Å²) in [7, 11) is 0. The zero-order valence-corrected chi connectivity index (χ0v) is 16.0. The number of benzene rings is 1. The van der Waals surface area contributed by atoms with Crippen LogP contribution in [0, 0.1) is 17.6 Å². The highest BCUT2D eigenvalue weighted by Gasteiger charge is 2.52. The number of anilines is 3. The number of carbonyl (C=O) groups is 3. The second-order valence-corrected chi connectivity index (χ2v) is 8.06. The van der Waals surface area contributed by atoms with E-state index >= 15 is 8.78 Å². The molecule has 3 atom stereocenters. The molecule has 0 radical (unpaired) electrons. The van der Waals surface area contributed by atoms with Gasteiger partial charge < -0.3 is 26.0 Å². The predicted octanol–water partition coefficient (Wildman–Crippen LogP) is 1.13. The lowest BCUT2D eigenvalue weighted by molar-refractivity contribution is -0.144. The van der Waals surface area contributed by atoms with Crippen LogP contribution in [0.15, 0.2) is 0 Å². The maximum absolute atomic E-state index is 15.7. The van der Waals surface area contributed by atoms with Gasteiger partial charge >= 0.3 is 5.97 Å². The monoisotopic (exact) mass is 408 g/mol. The van der Waals surface area contributed by atoms with Crippen molar-refractivity contribution < 1.29 is 28.3 Å². The lowest BCUT2D eigenvalue weighted by Gasteiger charge is -2.40. The number of ketones is 1. The number of piperazine rings is 1. The van der Waals surface area contributed by atoms with Crippen LogP contribution >= 0.6 is 0 Å². The van der Waals surface area contributed by atoms with Crippen LogP contribution in [-0.2, 0) is 9.59 Å². The van der Waals surface area contributed by atoms with E-state index in [4.69, 9.17) is 5.73 Å². The fourth-order valence-electron chi connectivity index (χ4n) is 4.36. The molecule has 1 aliphatic carbocycles. The summed E-state index contributed by atoms with van der Waals surface area (Å²) in [5, 5.41) is 12.6. The van der Waals surface area contributed by atoms with E-state index < -0.39 is 58.2 Å². The molecule has 1 saturated heterocycles. The minimum absolute atomic E-state index is 0.0472. The molecule has 2 heterocycles. The van der Waals surface area contributed by atoms with Crippen LogP contribution in [0.1, 0.15) is 37.0 Å². The van der Waals surface area contributed by atoms with Gasteiger partial charge in [0.2, 0.25) is 5.91 Å². The van der Waals surface area contributed by atoms with Crippen molar-refractivity contribution in [2.24, 2.45) is 5.92 Å². The highest BCUT2D eigenvalue weighted by molar-refractivity contribution is 6.32. The molecule has 0 aromatic heterocycles. The number of nitrogens with zero attached hydrogens (tertiary/aromatic N) is 2. The topological polar surface area (TPSA) is 116 Å². The number of hydrogen-bond acceptors (Lipinski definition) is 6. The van der Waals surface area contributed by atoms with Crippen molar-refractivity contribution >= 4 is 34.7 Å². The summed E-state index contributed by atoms with van der Waals surface area (Å²) < 4.78 is 30.9. The number of carboxylic acids is 1. The standard InChI is InChI=1S/C19H22F2N4O4/c1-7-5-24(6-8(2)23-7)16-12(20)14(22)10-15(13(16)21)25(9-3-4-9)18(27)11(17(10)26)19(28)29/h7-9,11,23H,3-6,22H2,1-2H3,(H,28,29)/t7-,8+,11?. The summed E-state index contributed by atoms with van der Waals surface area (Å²) in [6, 6.07) is -0.521. The van der Waals surface area contributed by atoms with Crippen LogP contribution in [0.2, 0.25) is 0 Å². The van der Waals surface area contributed by atoms with Crippen molar-refractivity contribution in [3.8, 4) is 0 Å². The Balaban J connectivity index is 1.94. The van der Waals surface area contributed by atoms with Gasteiger partial charge in [0.1, 0.15) is 5.69 Å². The third-order valence-corrected chi connectivity index (χ3v) is 5.63. The molecule has 2 aliphatic heterocycles. The molecule has 3 aliphatic rings. The lowest BCUT2D eigenvalue weighted by atomic mass is 9.87. The van der Waals surface area contributed by atoms with Crippen LogP contribution in [0.5, 0.6) is 0 Å². The number of nitrogen functional groups attached to an aromatic ring is 1. The highest BCUT2D eigenvalue weighted by Crippen LogP contribution is 2.47. The number of carbonyl (C=O) groups excluding carboxylic acids is 2. The van der Waals surface area contributed by atoms with Gasteiger partial charge in [-0.2, -0.15) is 0 Å². The molecular formula is C19H22F2N4O4. The SMILES string of the molecule is C[C@@H]1CN(c2c(F)c(N)c3c(c2F)N(C2CC2)C(=O)C(C(=O)O)C3=O)C[C@H](C)N1. The van der Waals surface area contributed by atoms with Crippen LogP contribution in [0.4, 0.5) is 25.8 Å². The molecule has 4 rings (SSSR count). The van der Waals surface area contributed by atoms with Gasteiger partial charge in [-0.15, -0.1) is 0 Å². The summed E-state index contributed by atoms with van der Waals surface area (Å²) in [6.07, 6.45) is 1.08. The molecule has 1 aromatic carbocycles. The quantitative estimate of drug-likeness (QED) is 0.507. The molecule has 2 fully saturated rings. The van der Waals surface area contributed by atoms with E-state index in [0.29, 0.717) is 25.9 Å². The minimum atomic E-state index is -2.05. The number of Topliss-reactive ketones (excluding diaryl/α,β-unsaturated/α-hetero) is 1. The molecule has 10 heteroatoms. The largest absolute Gasteiger partial charge is 0.480 e. The van der Waals surface area contributed by atoms with Crippen LogP contribution < -0.4 is 20.9 Å². The Morgan fingerprint density at radius 2 is 1.69 bits per heavy atom. The van der Waals surface area contributed by atoms with Crippen molar-refractivity contribution in [1.29, 1.82) is 0 Å². The first-order chi connectivity index (χ1) is 13.6. The first-order valence-electron chi connectivity index (χ1n) is 9.55. The summed E-state index contributed by atoms with van der Waals surface area (Å²) in [4.78, 5) is 39.5. The average molecular weight is 408 g/mol. The Morgan fingerprint density at radius 1 is 1.10 bits per heavy atom. The zero-order chi connectivity index (χ0) is 21.2. The smallest absolute Gasteiger partial charge is 0.324 e. The van der Waals surface area contributed by atoms with E-state index in [1.165, 1.54) is 4.90 Å². The zero-order valence-electron chi connectivity index (χ0n) is 16.0. The first kappa shape index (κ1) is 19.6. The number of halogens is 2. The number of nitrogens with one attached hydrogen (secondary N) is 1. The van der Waals surface area contributed by atoms with E-state index in [1.807, 2.05) is 13.8 Å². The number of rotatable bonds is 3. The molecule has 4 N–H and O–H groups in total. The minimum Gasteiger partial charge on any atom is -0.480 e. The number of nitrogens with two attached hydrogens (primary N) is 1. The molecule has 29 heavy (non-hydrogen) atoms. The number of aliphatic carboxylic acids is 1. The average Bonchev–Trinajstić information content (AvgIpc) is 3.43. The Hall–Kier alpha value is -2.75. The van der Waals surface area contributed by atoms with E-state index in [-0.39, 0.29) is 17.8 Å². The molecule has 156 valence electrons. The first-order valence-corrected chi connectivity index (χ1v) is 9.55. The van der Waals surface area contributed by atoms with Gasteiger partial charge in [-0.3, -0.25) is 14.4 Å². The van der Waals surface area contributed by atoms with Gasteiger partial charge in [0, 0.05) is 31.2 Å². The Morgan fingerprint density at radius 3 is 2.21 bits per heavy atom. The highest BCUT2D eigenvalue weighted by atomic mass is 19.1. The lowest BCUT2D eigenvalue weighted by Crippen LogP contribution is -2.55. The summed E-state index contributed by atoms with van der Waals surface area (Å²) >= 11 is 0. The Labute approximate surface area is 165 Å². The molecule has 1 amide bonds. The van der Waals surface area contributed by atoms with Crippen LogP contribution in [0.3, 0.4) is 0 Å². The van der Waals surface area contributed by atoms with Gasteiger partial charge in [-0.1, -0.05) is 0 Å². The summed E-state index contributed by atoms with van der Waals surface area (Å²) in [5.74, 6) is -8.05. The Kier molecular flexibility index (Phi) is 4.49. The second-order valence-electron chi connectivity index (χ2n) is 8.06. The van der Waals surface area contributed by atoms with Crippen molar-refractivity contribution in [2.45, 2.75) is 44.8 Å². The fraction of sp³-hybridized carbons (Fsp3) is 0.526. The number of carboxylic acid groups (broad SMARTS) is 1. The molecule has 8 nitrogen and oxygen atoms in total. The third kappa shape index (κ3) is 2.93. The fourth-order valence-corrected chi connectivity index (χ4v) is 4.36. The van der Waals surface area contributed by atoms with E-state index in [1.54, 1.807) is 0 Å². The summed E-state index contributed by atoms with van der Waals surface area (Å²) in [5.41, 5.74) is 3.93. The van der Waals surface area contributed by atoms with E-state index in [9.17, 15) is 19.5 Å². The third-order valence-electron chi connectivity index (χ3n) is 5.63. The van der Waals surface area contributed by atoms with E-state index in [2.05, 4.69) is 5.32 Å². The molecular weight excluding hydrogens is 386 g/mol. The van der Waals surface area contributed by atoms with Crippen molar-refractivity contribution in [1.82, 2.24) is 5.32 Å². The number of hydrogen-bond donors (Lipinski definition) is 3. The van der Waals surface area contributed by atoms with E-state index in [0.717, 1.165) is 4.90 Å². The maximum atomic E-state index is 15.7. The van der Waals surface area contributed by atoms with Gasteiger partial charge in [-0.25, -0.2) is 8.78 Å². The molecule has 0 bridgehead atoms. The van der Waals surface area contributed by atoms with Crippen molar-refractivity contribution in [3.05, 3.63) is 17.2 Å². The van der Waals surface area contributed by atoms with Gasteiger partial charge in [0.05, 0.1) is 16.9 Å². The number of amides is 1. The molecule has 1 saturated carbocycles. The normalized spacial score (nSPS) is 27.2. The maximum Gasteiger partial charge on any atom is 0.324 e. The Bertz CT molecular complexity index is 924. The van der Waals surface area contributed by atoms with Gasteiger partial charge in [0.25, 0.3) is 0 Å². The van der Waals surface area contributed by atoms with Gasteiger partial charge in [0.15, 0.2) is 23.3 Å². The predicted molar refractivity (Wildman–Crippen MR) is 101 cm³/mol. The molecule has 0 spiro atoms. The van der Waals surface area contributed by atoms with Gasteiger partial charge in [-0.05, 0) is 26.7 Å². The molecule has 1 unspecified atom stereocenters.